The van der Waals surface area contributed by atoms with E-state index >= 15 is 0 Å². The van der Waals surface area contributed by atoms with Crippen LogP contribution in [0.1, 0.15) is 6.42 Å². The predicted octanol–water partition coefficient (Wildman–Crippen LogP) is 1.65. The van der Waals surface area contributed by atoms with Gasteiger partial charge in [-0.2, -0.15) is 0 Å². The Hall–Kier alpha value is -3.28. The summed E-state index contributed by atoms with van der Waals surface area (Å²) in [6.45, 7) is 0. The van der Waals surface area contributed by atoms with E-state index in [0.717, 1.165) is 21.8 Å². The van der Waals surface area contributed by atoms with Gasteiger partial charge in [0.15, 0.2) is 5.78 Å². The molecule has 3 heterocycles. The molecular formula is C17H11N3O3. The van der Waals surface area contributed by atoms with E-state index in [9.17, 15) is 14.4 Å². The maximum absolute atomic E-state index is 12.0. The summed E-state index contributed by atoms with van der Waals surface area (Å²) >= 11 is 0. The number of ketones is 2. The molecule has 6 nitrogen and oxygen atoms in total. The summed E-state index contributed by atoms with van der Waals surface area (Å²) in [7, 11) is 0. The number of Topliss-reactive ketones (excluding diaryl/α,β-unsaturated/α-hetero) is 2. The lowest BCUT2D eigenvalue weighted by Gasteiger charge is -2.13. The highest BCUT2D eigenvalue weighted by Crippen LogP contribution is 2.28. The van der Waals surface area contributed by atoms with Crippen molar-refractivity contribution in [1.82, 2.24) is 14.9 Å². The number of pyridine rings is 1. The number of piperidine rings is 1. The van der Waals surface area contributed by atoms with Gasteiger partial charge >= 0.3 is 0 Å². The molecule has 0 bridgehead atoms. The first-order valence-corrected chi connectivity index (χ1v) is 7.07. The molecule has 1 aromatic carbocycles. The Morgan fingerprint density at radius 3 is 2.65 bits per heavy atom. The third-order valence-electron chi connectivity index (χ3n) is 3.89. The van der Waals surface area contributed by atoms with E-state index < -0.39 is 23.9 Å². The lowest BCUT2D eigenvalue weighted by atomic mass is 10.1. The molecule has 0 spiro atoms. The SMILES string of the molecule is O=C1CC(=O)/C(=C\n2c3ccccc3c3ccncc32)NC1=O. The molecule has 2 aromatic heterocycles. The Kier molecular flexibility index (Phi) is 2.84. The van der Waals surface area contributed by atoms with Crippen LogP contribution in [-0.4, -0.2) is 27.0 Å². The van der Waals surface area contributed by atoms with E-state index in [1.165, 1.54) is 0 Å². The molecule has 1 amide bonds. The standard InChI is InChI=1S/C17H11N3O3/c21-15-7-16(22)17(23)19-12(15)9-20-13-4-2-1-3-10(13)11-5-6-18-8-14(11)20/h1-6,8-9H,7H2,(H,19,23)/b12-9+. The molecule has 0 unspecified atom stereocenters. The van der Waals surface area contributed by atoms with Gasteiger partial charge < -0.3 is 9.88 Å². The highest BCUT2D eigenvalue weighted by atomic mass is 16.2. The molecule has 0 aliphatic carbocycles. The zero-order valence-corrected chi connectivity index (χ0v) is 11.9. The summed E-state index contributed by atoms with van der Waals surface area (Å²) in [5.41, 5.74) is 1.82. The van der Waals surface area contributed by atoms with E-state index in [4.69, 9.17) is 0 Å². The number of nitrogens with zero attached hydrogens (tertiary/aromatic N) is 2. The van der Waals surface area contributed by atoms with E-state index in [2.05, 4.69) is 10.3 Å². The zero-order valence-electron chi connectivity index (χ0n) is 11.9. The fraction of sp³-hybridized carbons (Fsp3) is 0.0588. The molecule has 1 aliphatic rings. The first-order valence-electron chi connectivity index (χ1n) is 7.07. The molecule has 6 heteroatoms. The van der Waals surface area contributed by atoms with Crippen LogP contribution in [0, 0.1) is 0 Å². The van der Waals surface area contributed by atoms with Crippen LogP contribution in [0.25, 0.3) is 28.0 Å². The van der Waals surface area contributed by atoms with Gasteiger partial charge in [-0.25, -0.2) is 0 Å². The Balaban J connectivity index is 1.97. The van der Waals surface area contributed by atoms with Crippen molar-refractivity contribution in [3.8, 4) is 0 Å². The minimum Gasteiger partial charge on any atom is -0.315 e. The van der Waals surface area contributed by atoms with Gasteiger partial charge in [0.05, 0.1) is 23.7 Å². The number of aromatic nitrogens is 2. The number of nitrogens with one attached hydrogen (secondary N) is 1. The number of fused-ring (bicyclic) bond motifs is 3. The Bertz CT molecular complexity index is 977. The van der Waals surface area contributed by atoms with Gasteiger partial charge in [0.1, 0.15) is 5.70 Å². The lowest BCUT2D eigenvalue weighted by molar-refractivity contribution is -0.141. The van der Waals surface area contributed by atoms with Crippen LogP contribution in [0.15, 0.2) is 48.4 Å². The van der Waals surface area contributed by atoms with Crippen molar-refractivity contribution < 1.29 is 14.4 Å². The summed E-state index contributed by atoms with van der Waals surface area (Å²) in [5.74, 6) is -1.87. The molecule has 0 radical (unpaired) electrons. The summed E-state index contributed by atoms with van der Waals surface area (Å²) in [4.78, 5) is 39.0. The molecule has 0 saturated carbocycles. The van der Waals surface area contributed by atoms with Gasteiger partial charge in [-0.1, -0.05) is 18.2 Å². The van der Waals surface area contributed by atoms with Crippen molar-refractivity contribution in [3.05, 3.63) is 48.4 Å². The summed E-state index contributed by atoms with van der Waals surface area (Å²) in [5, 5.41) is 4.38. The van der Waals surface area contributed by atoms with Crippen molar-refractivity contribution in [2.45, 2.75) is 6.42 Å². The second kappa shape index (κ2) is 4.88. The van der Waals surface area contributed by atoms with Gasteiger partial charge in [-0.05, 0) is 12.1 Å². The van der Waals surface area contributed by atoms with Gasteiger partial charge in [0.25, 0.3) is 5.91 Å². The molecule has 1 fully saturated rings. The number of benzene rings is 1. The Morgan fingerprint density at radius 1 is 1.00 bits per heavy atom. The van der Waals surface area contributed by atoms with E-state index in [1.807, 2.05) is 30.3 Å². The zero-order chi connectivity index (χ0) is 16.0. The molecule has 23 heavy (non-hydrogen) atoms. The molecule has 112 valence electrons. The molecule has 1 aliphatic heterocycles. The minimum atomic E-state index is -0.755. The summed E-state index contributed by atoms with van der Waals surface area (Å²) in [6, 6.07) is 9.64. The average molecular weight is 305 g/mol. The van der Waals surface area contributed by atoms with Crippen LogP contribution in [0.2, 0.25) is 0 Å². The van der Waals surface area contributed by atoms with Crippen LogP contribution in [0.5, 0.6) is 0 Å². The van der Waals surface area contributed by atoms with E-state index in [0.29, 0.717) is 0 Å². The Morgan fingerprint density at radius 2 is 1.78 bits per heavy atom. The van der Waals surface area contributed by atoms with Gasteiger partial charge in [-0.3, -0.25) is 19.4 Å². The fourth-order valence-corrected chi connectivity index (χ4v) is 2.80. The number of carbonyl (C=O) groups is 3. The quantitative estimate of drug-likeness (QED) is 0.421. The number of hydrogen-bond donors (Lipinski definition) is 1. The topological polar surface area (TPSA) is 81.1 Å². The molecule has 4 rings (SSSR count). The normalized spacial score (nSPS) is 17.2. The average Bonchev–Trinajstić information content (AvgIpc) is 2.87. The Labute approximate surface area is 130 Å². The fourth-order valence-electron chi connectivity index (χ4n) is 2.80. The first kappa shape index (κ1) is 13.4. The van der Waals surface area contributed by atoms with Gasteiger partial charge in [-0.15, -0.1) is 0 Å². The molecule has 0 atom stereocenters. The summed E-state index contributed by atoms with van der Waals surface area (Å²) < 4.78 is 1.81. The lowest BCUT2D eigenvalue weighted by Crippen LogP contribution is -2.40. The van der Waals surface area contributed by atoms with Crippen molar-refractivity contribution in [2.24, 2.45) is 0 Å². The molecule has 1 saturated heterocycles. The number of rotatable bonds is 1. The molecule has 3 aromatic rings. The largest absolute Gasteiger partial charge is 0.315 e. The van der Waals surface area contributed by atoms with E-state index in [-0.39, 0.29) is 5.70 Å². The smallest absolute Gasteiger partial charge is 0.292 e. The third-order valence-corrected chi connectivity index (χ3v) is 3.89. The maximum atomic E-state index is 12.0. The monoisotopic (exact) mass is 305 g/mol. The van der Waals surface area contributed by atoms with Crippen LogP contribution < -0.4 is 5.32 Å². The second-order valence-electron chi connectivity index (χ2n) is 5.30. The van der Waals surface area contributed by atoms with Crippen LogP contribution >= 0.6 is 0 Å². The second-order valence-corrected chi connectivity index (χ2v) is 5.30. The molecular weight excluding hydrogens is 294 g/mol. The number of carbonyl (C=O) groups excluding carboxylic acids is 3. The van der Waals surface area contributed by atoms with E-state index in [1.54, 1.807) is 23.2 Å². The van der Waals surface area contributed by atoms with Crippen molar-refractivity contribution >= 4 is 45.5 Å². The highest BCUT2D eigenvalue weighted by molar-refractivity contribution is 6.44. The predicted molar refractivity (Wildman–Crippen MR) is 84.3 cm³/mol. The van der Waals surface area contributed by atoms with Crippen LogP contribution in [0.4, 0.5) is 0 Å². The summed E-state index contributed by atoms with van der Waals surface area (Å²) in [6.07, 6.45) is 4.57. The third kappa shape index (κ3) is 2.03. The van der Waals surface area contributed by atoms with Crippen LogP contribution in [-0.2, 0) is 14.4 Å². The van der Waals surface area contributed by atoms with Crippen LogP contribution in [0.3, 0.4) is 0 Å². The number of allylic oxidation sites excluding steroid dienone is 1. The van der Waals surface area contributed by atoms with Crippen molar-refractivity contribution in [3.63, 3.8) is 0 Å². The minimum absolute atomic E-state index is 0.112. The number of amides is 1. The van der Waals surface area contributed by atoms with Gasteiger partial charge in [0.2, 0.25) is 5.78 Å². The number of para-hydroxylation sites is 1. The first-order chi connectivity index (χ1) is 11.1. The number of hydrogen-bond acceptors (Lipinski definition) is 4. The van der Waals surface area contributed by atoms with Gasteiger partial charge in [0, 0.05) is 23.2 Å². The van der Waals surface area contributed by atoms with Crippen molar-refractivity contribution in [2.75, 3.05) is 0 Å². The highest BCUT2D eigenvalue weighted by Gasteiger charge is 2.28. The van der Waals surface area contributed by atoms with Crippen molar-refractivity contribution in [1.29, 1.82) is 0 Å². The molecule has 1 N–H and O–H groups in total. The maximum Gasteiger partial charge on any atom is 0.292 e.